The molecule has 0 aromatic heterocycles. The third kappa shape index (κ3) is 1.85. The Morgan fingerprint density at radius 3 is 2.18 bits per heavy atom. The van der Waals surface area contributed by atoms with E-state index in [1.165, 1.54) is 7.11 Å². The van der Waals surface area contributed by atoms with Gasteiger partial charge in [-0.1, -0.05) is 24.3 Å². The number of carbonyl (C=O) groups is 2. The summed E-state index contributed by atoms with van der Waals surface area (Å²) in [7, 11) is 1.30. The number of esters is 1. The first kappa shape index (κ1) is 11.1. The minimum atomic E-state index is -0.563. The van der Waals surface area contributed by atoms with E-state index in [1.54, 1.807) is 24.3 Å². The van der Waals surface area contributed by atoms with Crippen molar-refractivity contribution < 1.29 is 14.3 Å². The van der Waals surface area contributed by atoms with Crippen molar-refractivity contribution in [2.75, 3.05) is 7.11 Å². The molecule has 4 nitrogen and oxygen atoms in total. The monoisotopic (exact) mass is 229 g/mol. The second-order valence-corrected chi connectivity index (χ2v) is 3.57. The van der Waals surface area contributed by atoms with E-state index in [2.05, 4.69) is 4.74 Å². The molecule has 0 aliphatic carbocycles. The lowest BCUT2D eigenvalue weighted by Gasteiger charge is -2.07. The number of primary amides is 1. The molecule has 4 heteroatoms. The highest BCUT2D eigenvalue weighted by molar-refractivity contribution is 6.14. The quantitative estimate of drug-likeness (QED) is 0.797. The van der Waals surface area contributed by atoms with Gasteiger partial charge in [0.1, 0.15) is 0 Å². The normalized spacial score (nSPS) is 10.2. The molecular weight excluding hydrogens is 218 g/mol. The van der Waals surface area contributed by atoms with Gasteiger partial charge in [-0.25, -0.2) is 4.79 Å². The lowest BCUT2D eigenvalue weighted by Crippen LogP contribution is -2.13. The van der Waals surface area contributed by atoms with Gasteiger partial charge in [0.05, 0.1) is 12.7 Å². The Hall–Kier alpha value is -2.36. The van der Waals surface area contributed by atoms with Crippen LogP contribution in [0.15, 0.2) is 36.4 Å². The predicted molar refractivity (Wildman–Crippen MR) is 63.8 cm³/mol. The molecule has 17 heavy (non-hydrogen) atoms. The third-order valence-corrected chi connectivity index (χ3v) is 2.58. The van der Waals surface area contributed by atoms with Gasteiger partial charge in [-0.3, -0.25) is 4.79 Å². The van der Waals surface area contributed by atoms with Crippen molar-refractivity contribution in [1.82, 2.24) is 0 Å². The first-order chi connectivity index (χ1) is 8.15. The second-order valence-electron chi connectivity index (χ2n) is 3.57. The van der Waals surface area contributed by atoms with Crippen molar-refractivity contribution in [2.24, 2.45) is 5.73 Å². The summed E-state index contributed by atoms with van der Waals surface area (Å²) in [5, 5.41) is 1.32. The Bertz CT molecular complexity index is 599. The maximum Gasteiger partial charge on any atom is 0.338 e. The second kappa shape index (κ2) is 4.25. The molecule has 0 radical (unpaired) electrons. The van der Waals surface area contributed by atoms with E-state index in [1.807, 2.05) is 12.1 Å². The van der Waals surface area contributed by atoms with E-state index in [0.29, 0.717) is 16.5 Å². The number of hydrogen-bond donors (Lipinski definition) is 1. The first-order valence-corrected chi connectivity index (χ1v) is 5.05. The number of nitrogens with two attached hydrogens (primary N) is 1. The Morgan fingerprint density at radius 1 is 1.06 bits per heavy atom. The molecule has 1 amide bonds. The van der Waals surface area contributed by atoms with Gasteiger partial charge < -0.3 is 10.5 Å². The first-order valence-electron chi connectivity index (χ1n) is 5.05. The fourth-order valence-corrected chi connectivity index (χ4v) is 1.83. The lowest BCUT2D eigenvalue weighted by atomic mass is 9.99. The van der Waals surface area contributed by atoms with E-state index in [-0.39, 0.29) is 0 Å². The number of methoxy groups -OCH3 is 1. The van der Waals surface area contributed by atoms with Crippen molar-refractivity contribution in [1.29, 1.82) is 0 Å². The van der Waals surface area contributed by atoms with E-state index >= 15 is 0 Å². The Labute approximate surface area is 98.0 Å². The molecule has 2 aromatic rings. The number of fused-ring (bicyclic) bond motifs is 1. The molecule has 0 aliphatic rings. The number of ether oxygens (including phenoxy) is 1. The van der Waals surface area contributed by atoms with Crippen LogP contribution >= 0.6 is 0 Å². The van der Waals surface area contributed by atoms with Gasteiger partial charge in [-0.15, -0.1) is 0 Å². The molecule has 2 rings (SSSR count). The van der Waals surface area contributed by atoms with Crippen LogP contribution in [0.3, 0.4) is 0 Å². The maximum atomic E-state index is 11.6. The fourth-order valence-electron chi connectivity index (χ4n) is 1.83. The van der Waals surface area contributed by atoms with Gasteiger partial charge >= 0.3 is 5.97 Å². The largest absolute Gasteiger partial charge is 0.465 e. The standard InChI is InChI=1S/C13H11NO3/c1-17-13(16)10-7-3-5-8-4-2-6-9(11(8)10)12(14)15/h2-7H,1H3,(H2,14,15). The summed E-state index contributed by atoms with van der Waals surface area (Å²) in [5.41, 5.74) is 5.97. The fraction of sp³-hybridized carbons (Fsp3) is 0.0769. The zero-order valence-corrected chi connectivity index (χ0v) is 9.27. The minimum Gasteiger partial charge on any atom is -0.465 e. The summed E-state index contributed by atoms with van der Waals surface area (Å²) in [6, 6.07) is 10.3. The summed E-state index contributed by atoms with van der Waals surface area (Å²) < 4.78 is 4.69. The van der Waals surface area contributed by atoms with E-state index in [0.717, 1.165) is 5.39 Å². The number of benzene rings is 2. The number of amides is 1. The lowest BCUT2D eigenvalue weighted by molar-refractivity contribution is 0.0603. The van der Waals surface area contributed by atoms with Gasteiger partial charge in [-0.2, -0.15) is 0 Å². The van der Waals surface area contributed by atoms with Gasteiger partial charge in [0.25, 0.3) is 0 Å². The number of hydrogen-bond acceptors (Lipinski definition) is 3. The molecule has 0 bridgehead atoms. The SMILES string of the molecule is COC(=O)c1cccc2cccc(C(N)=O)c12. The van der Waals surface area contributed by atoms with Crippen LogP contribution in [0.2, 0.25) is 0 Å². The van der Waals surface area contributed by atoms with Crippen LogP contribution in [0.4, 0.5) is 0 Å². The number of carbonyl (C=O) groups excluding carboxylic acids is 2. The molecule has 0 unspecified atom stereocenters. The highest BCUT2D eigenvalue weighted by Crippen LogP contribution is 2.23. The van der Waals surface area contributed by atoms with Crippen molar-refractivity contribution >= 4 is 22.6 Å². The Balaban J connectivity index is 2.85. The molecule has 0 heterocycles. The molecule has 0 atom stereocenters. The molecular formula is C13H11NO3. The summed E-state index contributed by atoms with van der Waals surface area (Å²) in [5.74, 6) is -1.05. The van der Waals surface area contributed by atoms with Crippen LogP contribution in [0.1, 0.15) is 20.7 Å². The van der Waals surface area contributed by atoms with Gasteiger partial charge in [0, 0.05) is 10.9 Å². The van der Waals surface area contributed by atoms with E-state index < -0.39 is 11.9 Å². The van der Waals surface area contributed by atoms with E-state index in [4.69, 9.17) is 5.73 Å². The molecule has 0 spiro atoms. The topological polar surface area (TPSA) is 69.4 Å². The van der Waals surface area contributed by atoms with Crippen molar-refractivity contribution in [3.63, 3.8) is 0 Å². The predicted octanol–water partition coefficient (Wildman–Crippen LogP) is 1.73. The summed E-state index contributed by atoms with van der Waals surface area (Å²) in [6.07, 6.45) is 0. The van der Waals surface area contributed by atoms with Gasteiger partial charge in [0.2, 0.25) is 5.91 Å². The maximum absolute atomic E-state index is 11.6. The van der Waals surface area contributed by atoms with Crippen LogP contribution in [-0.4, -0.2) is 19.0 Å². The van der Waals surface area contributed by atoms with Crippen LogP contribution in [0.5, 0.6) is 0 Å². The van der Waals surface area contributed by atoms with Crippen LogP contribution in [0.25, 0.3) is 10.8 Å². The van der Waals surface area contributed by atoms with E-state index in [9.17, 15) is 9.59 Å². The molecule has 86 valence electrons. The smallest absolute Gasteiger partial charge is 0.338 e. The molecule has 0 saturated heterocycles. The van der Waals surface area contributed by atoms with Gasteiger partial charge in [-0.05, 0) is 17.5 Å². The van der Waals surface area contributed by atoms with Crippen LogP contribution < -0.4 is 5.73 Å². The summed E-state index contributed by atoms with van der Waals surface area (Å²) in [6.45, 7) is 0. The van der Waals surface area contributed by atoms with Crippen molar-refractivity contribution in [3.05, 3.63) is 47.5 Å². The highest BCUT2D eigenvalue weighted by Gasteiger charge is 2.15. The summed E-state index contributed by atoms with van der Waals surface area (Å²) >= 11 is 0. The summed E-state index contributed by atoms with van der Waals surface area (Å²) in [4.78, 5) is 23.0. The van der Waals surface area contributed by atoms with Crippen LogP contribution in [-0.2, 0) is 4.74 Å². The number of rotatable bonds is 2. The zero-order chi connectivity index (χ0) is 12.4. The molecule has 0 saturated carbocycles. The Kier molecular flexibility index (Phi) is 2.78. The average Bonchev–Trinajstić information content (AvgIpc) is 2.36. The third-order valence-electron chi connectivity index (χ3n) is 2.58. The van der Waals surface area contributed by atoms with Crippen molar-refractivity contribution in [2.45, 2.75) is 0 Å². The molecule has 0 aliphatic heterocycles. The van der Waals surface area contributed by atoms with Crippen molar-refractivity contribution in [3.8, 4) is 0 Å². The molecule has 2 N–H and O–H groups in total. The Morgan fingerprint density at radius 2 is 1.65 bits per heavy atom. The average molecular weight is 229 g/mol. The zero-order valence-electron chi connectivity index (χ0n) is 9.27. The molecule has 2 aromatic carbocycles. The molecule has 0 fully saturated rings. The van der Waals surface area contributed by atoms with Gasteiger partial charge in [0.15, 0.2) is 0 Å². The van der Waals surface area contributed by atoms with Crippen LogP contribution in [0, 0.1) is 0 Å². The minimum absolute atomic E-state index is 0.323. The highest BCUT2D eigenvalue weighted by atomic mass is 16.5.